The third kappa shape index (κ3) is 3.72. The fraction of sp³-hybridized carbons (Fsp3) is 0.0909. The number of hydrogen-bond donors (Lipinski definition) is 1. The predicted molar refractivity (Wildman–Crippen MR) is 115 cm³/mol. The largest absolute Gasteiger partial charge is 0.321 e. The molecule has 0 aliphatic rings. The van der Waals surface area contributed by atoms with Gasteiger partial charge < -0.3 is 5.32 Å². The summed E-state index contributed by atoms with van der Waals surface area (Å²) in [6.45, 7) is 2.31. The molecule has 6 heteroatoms. The third-order valence-electron chi connectivity index (χ3n) is 4.43. The molecule has 2 aromatic heterocycles. The topological polar surface area (TPSA) is 46.9 Å². The lowest BCUT2D eigenvalue weighted by molar-refractivity contribution is 0.102. The number of nitrogens with one attached hydrogen (secondary N) is 1. The molecule has 2 aromatic carbocycles. The summed E-state index contributed by atoms with van der Waals surface area (Å²) >= 11 is 8.15. The van der Waals surface area contributed by atoms with E-state index in [1.54, 1.807) is 22.9 Å². The highest BCUT2D eigenvalue weighted by Crippen LogP contribution is 2.32. The molecular formula is C22H18ClN3OS. The van der Waals surface area contributed by atoms with E-state index >= 15 is 0 Å². The number of aryl methyl sites for hydroxylation is 1. The maximum Gasteiger partial charge on any atom is 0.260 e. The summed E-state index contributed by atoms with van der Waals surface area (Å²) in [6.07, 6.45) is 0. The van der Waals surface area contributed by atoms with Gasteiger partial charge in [-0.05, 0) is 30.0 Å². The number of thiophene rings is 1. The van der Waals surface area contributed by atoms with E-state index in [-0.39, 0.29) is 5.91 Å². The summed E-state index contributed by atoms with van der Waals surface area (Å²) < 4.78 is 1.66. The number of benzene rings is 2. The minimum Gasteiger partial charge on any atom is -0.321 e. The first kappa shape index (κ1) is 18.5. The van der Waals surface area contributed by atoms with Gasteiger partial charge in [0.2, 0.25) is 0 Å². The van der Waals surface area contributed by atoms with E-state index < -0.39 is 0 Å². The molecule has 1 N–H and O–H groups in total. The Bertz CT molecular complexity index is 1100. The molecule has 0 bridgehead atoms. The van der Waals surface area contributed by atoms with Gasteiger partial charge in [0.15, 0.2) is 0 Å². The molecule has 1 amide bonds. The van der Waals surface area contributed by atoms with Crippen molar-refractivity contribution in [2.24, 2.45) is 0 Å². The molecule has 0 fully saturated rings. The number of carbonyl (C=O) groups excluding carboxylic acids is 1. The zero-order chi connectivity index (χ0) is 19.5. The molecule has 0 saturated heterocycles. The molecule has 4 nitrogen and oxygen atoms in total. The predicted octanol–water partition coefficient (Wildman–Crippen LogP) is 5.87. The summed E-state index contributed by atoms with van der Waals surface area (Å²) in [4.78, 5) is 14.1. The molecule has 0 aliphatic heterocycles. The number of halogens is 1. The Morgan fingerprint density at radius 3 is 2.57 bits per heavy atom. The number of para-hydroxylation sites is 1. The van der Waals surface area contributed by atoms with Crippen molar-refractivity contribution in [1.29, 1.82) is 0 Å². The van der Waals surface area contributed by atoms with Gasteiger partial charge in [0.25, 0.3) is 5.91 Å². The van der Waals surface area contributed by atoms with Gasteiger partial charge in [-0.1, -0.05) is 66.2 Å². The number of anilines is 1. The monoisotopic (exact) mass is 407 g/mol. The van der Waals surface area contributed by atoms with Crippen molar-refractivity contribution in [2.45, 2.75) is 13.5 Å². The fourth-order valence-corrected chi connectivity index (χ4v) is 4.18. The van der Waals surface area contributed by atoms with E-state index in [9.17, 15) is 4.79 Å². The molecule has 28 heavy (non-hydrogen) atoms. The highest BCUT2D eigenvalue weighted by Gasteiger charge is 2.21. The van der Waals surface area contributed by atoms with Crippen LogP contribution in [0.1, 0.15) is 21.6 Å². The van der Waals surface area contributed by atoms with Crippen molar-refractivity contribution >= 4 is 34.5 Å². The molecule has 0 unspecified atom stereocenters. The van der Waals surface area contributed by atoms with Crippen LogP contribution in [-0.2, 0) is 6.54 Å². The number of hydrogen-bond acceptors (Lipinski definition) is 3. The van der Waals surface area contributed by atoms with Crippen LogP contribution in [0.15, 0.2) is 72.1 Å². The fourth-order valence-electron chi connectivity index (χ4n) is 3.10. The van der Waals surface area contributed by atoms with Crippen LogP contribution in [-0.4, -0.2) is 15.7 Å². The normalized spacial score (nSPS) is 10.8. The molecule has 0 spiro atoms. The van der Waals surface area contributed by atoms with Crippen LogP contribution >= 0.6 is 22.9 Å². The van der Waals surface area contributed by atoms with Gasteiger partial charge in [-0.3, -0.25) is 4.79 Å². The van der Waals surface area contributed by atoms with Crippen molar-refractivity contribution in [1.82, 2.24) is 9.78 Å². The molecule has 4 rings (SSSR count). The lowest BCUT2D eigenvalue weighted by Crippen LogP contribution is -2.14. The molecule has 0 radical (unpaired) electrons. The van der Waals surface area contributed by atoms with Gasteiger partial charge in [-0.25, -0.2) is 4.68 Å². The Morgan fingerprint density at radius 1 is 1.07 bits per heavy atom. The first-order chi connectivity index (χ1) is 13.6. The van der Waals surface area contributed by atoms with Crippen LogP contribution in [0.5, 0.6) is 0 Å². The molecule has 4 aromatic rings. The van der Waals surface area contributed by atoms with Crippen LogP contribution in [0.4, 0.5) is 5.69 Å². The van der Waals surface area contributed by atoms with Crippen molar-refractivity contribution in [3.63, 3.8) is 0 Å². The molecule has 140 valence electrons. The average molecular weight is 408 g/mol. The molecular weight excluding hydrogens is 390 g/mol. The molecule has 0 aliphatic carbocycles. The standard InChI is InChI=1S/C22H18ClN3OS/c1-15-20(21(23)26(25-15)14-16-8-3-2-4-9-16)22(27)24-18-11-6-5-10-17(18)19-12-7-13-28-19/h2-13H,14H2,1H3,(H,24,27). The van der Waals surface area contributed by atoms with Gasteiger partial charge in [0.05, 0.1) is 17.8 Å². The minimum absolute atomic E-state index is 0.259. The quantitative estimate of drug-likeness (QED) is 0.449. The van der Waals surface area contributed by atoms with E-state index in [2.05, 4.69) is 10.4 Å². The number of nitrogens with zero attached hydrogens (tertiary/aromatic N) is 2. The third-order valence-corrected chi connectivity index (χ3v) is 5.72. The minimum atomic E-state index is -0.259. The Balaban J connectivity index is 1.62. The SMILES string of the molecule is Cc1nn(Cc2ccccc2)c(Cl)c1C(=O)Nc1ccccc1-c1cccs1. The Hall–Kier alpha value is -2.89. The van der Waals surface area contributed by atoms with Crippen molar-refractivity contribution in [3.05, 3.63) is 94.1 Å². The van der Waals surface area contributed by atoms with Crippen LogP contribution in [0.25, 0.3) is 10.4 Å². The highest BCUT2D eigenvalue weighted by molar-refractivity contribution is 7.13. The molecule has 2 heterocycles. The lowest BCUT2D eigenvalue weighted by Gasteiger charge is -2.10. The summed E-state index contributed by atoms with van der Waals surface area (Å²) in [5.74, 6) is -0.259. The highest BCUT2D eigenvalue weighted by atomic mass is 35.5. The van der Waals surface area contributed by atoms with Crippen LogP contribution in [0, 0.1) is 6.92 Å². The number of aromatic nitrogens is 2. The second-order valence-corrected chi connectivity index (χ2v) is 7.68. The van der Waals surface area contributed by atoms with E-state index in [1.807, 2.05) is 72.1 Å². The van der Waals surface area contributed by atoms with Crippen LogP contribution in [0.2, 0.25) is 5.15 Å². The van der Waals surface area contributed by atoms with E-state index in [1.165, 1.54) is 0 Å². The van der Waals surface area contributed by atoms with Crippen molar-refractivity contribution in [3.8, 4) is 10.4 Å². The molecule has 0 atom stereocenters. The molecule has 0 saturated carbocycles. The first-order valence-corrected chi connectivity index (χ1v) is 10.1. The first-order valence-electron chi connectivity index (χ1n) is 8.84. The summed E-state index contributed by atoms with van der Waals surface area (Å²) in [6, 6.07) is 21.7. The van der Waals surface area contributed by atoms with Crippen molar-refractivity contribution in [2.75, 3.05) is 5.32 Å². The van der Waals surface area contributed by atoms with Gasteiger partial charge in [0, 0.05) is 16.1 Å². The van der Waals surface area contributed by atoms with Gasteiger partial charge in [-0.15, -0.1) is 11.3 Å². The number of rotatable bonds is 5. The average Bonchev–Trinajstić information content (AvgIpc) is 3.32. The summed E-state index contributed by atoms with van der Waals surface area (Å²) in [5, 5.41) is 9.83. The van der Waals surface area contributed by atoms with E-state index in [4.69, 9.17) is 11.6 Å². The Morgan fingerprint density at radius 2 is 1.82 bits per heavy atom. The second-order valence-electron chi connectivity index (χ2n) is 6.37. The van der Waals surface area contributed by atoms with E-state index in [0.29, 0.717) is 23.0 Å². The second kappa shape index (κ2) is 8.00. The zero-order valence-electron chi connectivity index (χ0n) is 15.2. The Kier molecular flexibility index (Phi) is 5.28. The van der Waals surface area contributed by atoms with Gasteiger partial charge >= 0.3 is 0 Å². The number of carbonyl (C=O) groups is 1. The van der Waals surface area contributed by atoms with Gasteiger partial charge in [-0.2, -0.15) is 5.10 Å². The smallest absolute Gasteiger partial charge is 0.260 e. The number of amides is 1. The summed E-state index contributed by atoms with van der Waals surface area (Å²) in [7, 11) is 0. The van der Waals surface area contributed by atoms with E-state index in [0.717, 1.165) is 21.7 Å². The maximum atomic E-state index is 13.0. The maximum absolute atomic E-state index is 13.0. The van der Waals surface area contributed by atoms with Crippen molar-refractivity contribution < 1.29 is 4.79 Å². The van der Waals surface area contributed by atoms with Gasteiger partial charge in [0.1, 0.15) is 5.15 Å². The van der Waals surface area contributed by atoms with Crippen LogP contribution < -0.4 is 5.32 Å². The zero-order valence-corrected chi connectivity index (χ0v) is 16.8. The van der Waals surface area contributed by atoms with Crippen LogP contribution in [0.3, 0.4) is 0 Å². The lowest BCUT2D eigenvalue weighted by atomic mass is 10.1. The Labute approximate surface area is 172 Å². The summed E-state index contributed by atoms with van der Waals surface area (Å²) in [5.41, 5.74) is 3.81.